The second-order valence-corrected chi connectivity index (χ2v) is 5.36. The number of nitrogens with one attached hydrogen (secondary N) is 2. The summed E-state index contributed by atoms with van der Waals surface area (Å²) in [5.41, 5.74) is 1.14. The molecule has 3 N–H and O–H groups in total. The van der Waals surface area contributed by atoms with E-state index in [1.165, 1.54) is 0 Å². The number of hydrogen-bond acceptors (Lipinski definition) is 3. The van der Waals surface area contributed by atoms with E-state index < -0.39 is 5.97 Å². The topological polar surface area (TPSA) is 78.4 Å². The van der Waals surface area contributed by atoms with Crippen molar-refractivity contribution in [3.63, 3.8) is 0 Å². The van der Waals surface area contributed by atoms with Crippen LogP contribution in [0.25, 0.3) is 0 Å². The summed E-state index contributed by atoms with van der Waals surface area (Å²) in [6.07, 6.45) is 0.903. The quantitative estimate of drug-likeness (QED) is 0.709. The van der Waals surface area contributed by atoms with E-state index in [0.717, 1.165) is 12.0 Å². The average Bonchev–Trinajstić information content (AvgIpc) is 2.42. The number of benzene rings is 1. The third-order valence-corrected chi connectivity index (χ3v) is 3.58. The lowest BCUT2D eigenvalue weighted by molar-refractivity contribution is -0.122. The fraction of sp³-hybridized carbons (Fsp3) is 0.429. The molecule has 110 valence electrons. The molecule has 0 aliphatic heterocycles. The molecule has 0 spiro atoms. The Morgan fingerprint density at radius 3 is 2.65 bits per heavy atom. The van der Waals surface area contributed by atoms with Crippen molar-refractivity contribution < 1.29 is 14.7 Å². The molecular formula is C14H19BrN2O3. The van der Waals surface area contributed by atoms with Gasteiger partial charge in [-0.05, 0) is 31.0 Å². The number of amides is 1. The minimum Gasteiger partial charge on any atom is -0.478 e. The highest BCUT2D eigenvalue weighted by molar-refractivity contribution is 9.10. The molecule has 6 heteroatoms. The van der Waals surface area contributed by atoms with Crippen molar-refractivity contribution in [3.05, 3.63) is 33.8 Å². The van der Waals surface area contributed by atoms with Gasteiger partial charge in [-0.2, -0.15) is 0 Å². The number of carbonyl (C=O) groups excluding carboxylic acids is 1. The maximum atomic E-state index is 11.7. The van der Waals surface area contributed by atoms with Crippen LogP contribution in [0.3, 0.4) is 0 Å². The summed E-state index contributed by atoms with van der Waals surface area (Å²) in [6, 6.07) is 4.54. The normalized spacial score (nSPS) is 11.9. The van der Waals surface area contributed by atoms with Crippen LogP contribution in [0.1, 0.15) is 36.2 Å². The van der Waals surface area contributed by atoms with Crippen LogP contribution >= 0.6 is 15.9 Å². The molecule has 0 saturated heterocycles. The molecule has 0 bridgehead atoms. The van der Waals surface area contributed by atoms with Crippen molar-refractivity contribution >= 4 is 27.8 Å². The van der Waals surface area contributed by atoms with Crippen LogP contribution in [0.2, 0.25) is 0 Å². The Morgan fingerprint density at radius 1 is 1.40 bits per heavy atom. The average molecular weight is 343 g/mol. The van der Waals surface area contributed by atoms with E-state index in [1.54, 1.807) is 25.1 Å². The fourth-order valence-electron chi connectivity index (χ4n) is 1.58. The maximum absolute atomic E-state index is 11.7. The van der Waals surface area contributed by atoms with Gasteiger partial charge in [0, 0.05) is 17.6 Å². The zero-order valence-corrected chi connectivity index (χ0v) is 13.2. The number of rotatable bonds is 7. The third-order valence-electron chi connectivity index (χ3n) is 2.84. The highest BCUT2D eigenvalue weighted by Crippen LogP contribution is 2.18. The number of halogens is 1. The van der Waals surface area contributed by atoms with Gasteiger partial charge in [0.05, 0.1) is 11.6 Å². The second-order valence-electron chi connectivity index (χ2n) is 4.50. The van der Waals surface area contributed by atoms with Gasteiger partial charge in [-0.15, -0.1) is 0 Å². The predicted octanol–water partition coefficient (Wildman–Crippen LogP) is 2.15. The van der Waals surface area contributed by atoms with Gasteiger partial charge in [0.2, 0.25) is 5.91 Å². The third kappa shape index (κ3) is 4.94. The van der Waals surface area contributed by atoms with Gasteiger partial charge >= 0.3 is 5.97 Å². The number of carboxylic acids is 1. The van der Waals surface area contributed by atoms with Crippen molar-refractivity contribution in [2.24, 2.45) is 0 Å². The van der Waals surface area contributed by atoms with Crippen LogP contribution in [-0.2, 0) is 11.3 Å². The van der Waals surface area contributed by atoms with E-state index in [1.807, 2.05) is 6.92 Å². The van der Waals surface area contributed by atoms with Gasteiger partial charge in [-0.1, -0.05) is 28.9 Å². The van der Waals surface area contributed by atoms with Crippen LogP contribution < -0.4 is 10.6 Å². The number of carbonyl (C=O) groups is 2. The minimum atomic E-state index is -0.961. The molecule has 0 fully saturated rings. The van der Waals surface area contributed by atoms with Crippen LogP contribution in [0, 0.1) is 0 Å². The fourth-order valence-corrected chi connectivity index (χ4v) is 2.10. The van der Waals surface area contributed by atoms with Crippen molar-refractivity contribution in [2.45, 2.75) is 32.9 Å². The lowest BCUT2D eigenvalue weighted by atomic mass is 10.1. The number of hydrogen-bond donors (Lipinski definition) is 3. The van der Waals surface area contributed by atoms with E-state index in [4.69, 9.17) is 5.11 Å². The molecule has 0 heterocycles. The molecule has 0 aliphatic rings. The van der Waals surface area contributed by atoms with Crippen LogP contribution in [-0.4, -0.2) is 29.6 Å². The molecule has 1 aromatic carbocycles. The predicted molar refractivity (Wildman–Crippen MR) is 80.7 cm³/mol. The summed E-state index contributed by atoms with van der Waals surface area (Å²) in [6.45, 7) is 4.95. The van der Waals surface area contributed by atoms with Crippen molar-refractivity contribution in [1.82, 2.24) is 10.6 Å². The molecule has 0 radical (unpaired) electrons. The van der Waals surface area contributed by atoms with Crippen LogP contribution in [0.5, 0.6) is 0 Å². The molecule has 20 heavy (non-hydrogen) atoms. The molecule has 1 atom stereocenters. The summed E-state index contributed by atoms with van der Waals surface area (Å²) >= 11 is 3.34. The van der Waals surface area contributed by atoms with E-state index in [-0.39, 0.29) is 17.5 Å². The number of aromatic carboxylic acids is 1. The molecule has 0 aromatic heterocycles. The van der Waals surface area contributed by atoms with Crippen molar-refractivity contribution in [1.29, 1.82) is 0 Å². The maximum Gasteiger partial charge on any atom is 0.335 e. The highest BCUT2D eigenvalue weighted by Gasteiger charge is 2.12. The van der Waals surface area contributed by atoms with E-state index in [0.29, 0.717) is 17.6 Å². The Hall–Kier alpha value is -1.40. The lowest BCUT2D eigenvalue weighted by Crippen LogP contribution is -2.42. The first-order chi connectivity index (χ1) is 9.45. The van der Waals surface area contributed by atoms with Gasteiger partial charge in [-0.25, -0.2) is 4.79 Å². The zero-order valence-electron chi connectivity index (χ0n) is 11.6. The summed E-state index contributed by atoms with van der Waals surface area (Å²) in [5.74, 6) is -0.998. The SMILES string of the molecule is CCCNC(=O)C(C)NCc1ccc(C(=O)O)cc1Br. The summed E-state index contributed by atoms with van der Waals surface area (Å²) in [7, 11) is 0. The van der Waals surface area contributed by atoms with Gasteiger partial charge in [0.15, 0.2) is 0 Å². The largest absolute Gasteiger partial charge is 0.478 e. The van der Waals surface area contributed by atoms with Gasteiger partial charge in [0.25, 0.3) is 0 Å². The highest BCUT2D eigenvalue weighted by atomic mass is 79.9. The van der Waals surface area contributed by atoms with Crippen LogP contribution in [0.15, 0.2) is 22.7 Å². The van der Waals surface area contributed by atoms with Gasteiger partial charge in [0.1, 0.15) is 0 Å². The Morgan fingerprint density at radius 2 is 2.10 bits per heavy atom. The monoisotopic (exact) mass is 342 g/mol. The van der Waals surface area contributed by atoms with E-state index >= 15 is 0 Å². The minimum absolute atomic E-state index is 0.0369. The van der Waals surface area contributed by atoms with E-state index in [9.17, 15) is 9.59 Å². The van der Waals surface area contributed by atoms with Gasteiger partial charge in [-0.3, -0.25) is 4.79 Å². The Bertz CT molecular complexity index is 491. The smallest absolute Gasteiger partial charge is 0.335 e. The zero-order chi connectivity index (χ0) is 15.1. The summed E-state index contributed by atoms with van der Waals surface area (Å²) < 4.78 is 0.714. The molecule has 1 amide bonds. The standard InChI is InChI=1S/C14H19BrN2O3/c1-3-6-16-13(18)9(2)17-8-11-5-4-10(14(19)20)7-12(11)15/h4-5,7,9,17H,3,6,8H2,1-2H3,(H,16,18)(H,19,20). The molecule has 1 aromatic rings. The summed E-state index contributed by atoms with van der Waals surface area (Å²) in [5, 5.41) is 14.8. The van der Waals surface area contributed by atoms with Gasteiger partial charge < -0.3 is 15.7 Å². The van der Waals surface area contributed by atoms with Crippen molar-refractivity contribution in [2.75, 3.05) is 6.54 Å². The van der Waals surface area contributed by atoms with Crippen molar-refractivity contribution in [3.8, 4) is 0 Å². The number of carboxylic acid groups (broad SMARTS) is 1. The molecule has 5 nitrogen and oxygen atoms in total. The summed E-state index contributed by atoms with van der Waals surface area (Å²) in [4.78, 5) is 22.5. The Kier molecular flexibility index (Phi) is 6.67. The molecular weight excluding hydrogens is 324 g/mol. The molecule has 1 rings (SSSR count). The lowest BCUT2D eigenvalue weighted by Gasteiger charge is -2.14. The Labute approximate surface area is 126 Å². The Balaban J connectivity index is 2.57. The first kappa shape index (κ1) is 16.7. The first-order valence-corrected chi connectivity index (χ1v) is 7.27. The molecule has 1 unspecified atom stereocenters. The molecule has 0 saturated carbocycles. The molecule has 0 aliphatic carbocycles. The van der Waals surface area contributed by atoms with E-state index in [2.05, 4.69) is 26.6 Å². The van der Waals surface area contributed by atoms with Crippen LogP contribution in [0.4, 0.5) is 0 Å². The second kappa shape index (κ2) is 8.01. The first-order valence-electron chi connectivity index (χ1n) is 6.48.